The van der Waals surface area contributed by atoms with Crippen LogP contribution in [0.1, 0.15) is 28.4 Å². The van der Waals surface area contributed by atoms with Gasteiger partial charge in [-0.25, -0.2) is 0 Å². The highest BCUT2D eigenvalue weighted by Gasteiger charge is 2.09. The molecule has 2 amide bonds. The number of nitrogens with one attached hydrogen (secondary N) is 3. The van der Waals surface area contributed by atoms with E-state index in [2.05, 4.69) is 33.1 Å². The molecule has 28 heavy (non-hydrogen) atoms. The Hall–Kier alpha value is -3.67. The molecule has 6 heteroatoms. The van der Waals surface area contributed by atoms with Gasteiger partial charge in [0.2, 0.25) is 5.91 Å². The van der Waals surface area contributed by atoms with E-state index in [1.807, 2.05) is 19.9 Å². The van der Waals surface area contributed by atoms with Crippen molar-refractivity contribution in [1.29, 1.82) is 0 Å². The zero-order valence-electron chi connectivity index (χ0n) is 16.0. The molecule has 0 bridgehead atoms. The van der Waals surface area contributed by atoms with Gasteiger partial charge in [0, 0.05) is 30.2 Å². The van der Waals surface area contributed by atoms with Crippen molar-refractivity contribution in [3.8, 4) is 0 Å². The lowest BCUT2D eigenvalue weighted by Gasteiger charge is -2.12. The summed E-state index contributed by atoms with van der Waals surface area (Å²) in [5, 5.41) is 8.83. The molecule has 0 radical (unpaired) electrons. The molecule has 1 aromatic heterocycles. The van der Waals surface area contributed by atoms with E-state index in [0.29, 0.717) is 16.9 Å². The summed E-state index contributed by atoms with van der Waals surface area (Å²) in [7, 11) is 0. The predicted octanol–water partition coefficient (Wildman–Crippen LogP) is 4.65. The lowest BCUT2D eigenvalue weighted by molar-refractivity contribution is -0.114. The van der Waals surface area contributed by atoms with Crippen molar-refractivity contribution in [3.63, 3.8) is 0 Å². The topological polar surface area (TPSA) is 83.1 Å². The van der Waals surface area contributed by atoms with E-state index in [1.165, 1.54) is 13.1 Å². The van der Waals surface area contributed by atoms with Gasteiger partial charge in [0.1, 0.15) is 0 Å². The van der Waals surface area contributed by atoms with Crippen LogP contribution in [0.2, 0.25) is 0 Å². The molecule has 6 nitrogen and oxygen atoms in total. The quantitative estimate of drug-likeness (QED) is 0.607. The monoisotopic (exact) mass is 374 g/mol. The van der Waals surface area contributed by atoms with Gasteiger partial charge < -0.3 is 16.0 Å². The van der Waals surface area contributed by atoms with E-state index in [4.69, 9.17) is 0 Å². The molecule has 0 aliphatic rings. The molecule has 0 saturated heterocycles. The number of hydrogen-bond acceptors (Lipinski definition) is 4. The van der Waals surface area contributed by atoms with E-state index in [1.54, 1.807) is 36.5 Å². The van der Waals surface area contributed by atoms with Gasteiger partial charge in [0.25, 0.3) is 5.91 Å². The molecule has 3 aromatic rings. The minimum Gasteiger partial charge on any atom is -0.354 e. The SMILES string of the molecule is CC(=O)Nc1cccc(NC(=O)c2cncc(Nc3cc(C)ccc3C)c2)c1. The predicted molar refractivity (Wildman–Crippen MR) is 112 cm³/mol. The Morgan fingerprint density at radius 1 is 0.857 bits per heavy atom. The van der Waals surface area contributed by atoms with Crippen LogP contribution >= 0.6 is 0 Å². The van der Waals surface area contributed by atoms with Gasteiger partial charge in [-0.15, -0.1) is 0 Å². The van der Waals surface area contributed by atoms with E-state index in [9.17, 15) is 9.59 Å². The third-order valence-corrected chi connectivity index (χ3v) is 4.11. The van der Waals surface area contributed by atoms with Gasteiger partial charge in [0.05, 0.1) is 17.4 Å². The van der Waals surface area contributed by atoms with Gasteiger partial charge in [-0.2, -0.15) is 0 Å². The fourth-order valence-electron chi connectivity index (χ4n) is 2.74. The number of aromatic nitrogens is 1. The lowest BCUT2D eigenvalue weighted by Crippen LogP contribution is -2.13. The van der Waals surface area contributed by atoms with Crippen molar-refractivity contribution in [2.75, 3.05) is 16.0 Å². The molecule has 3 rings (SSSR count). The second kappa shape index (κ2) is 8.35. The van der Waals surface area contributed by atoms with Crippen molar-refractivity contribution >= 4 is 34.6 Å². The Kier molecular flexibility index (Phi) is 5.69. The Labute approximate surface area is 164 Å². The first-order valence-corrected chi connectivity index (χ1v) is 8.89. The summed E-state index contributed by atoms with van der Waals surface area (Å²) in [4.78, 5) is 28.0. The normalized spacial score (nSPS) is 10.2. The van der Waals surface area contributed by atoms with E-state index in [0.717, 1.165) is 22.5 Å². The van der Waals surface area contributed by atoms with Crippen molar-refractivity contribution in [2.45, 2.75) is 20.8 Å². The minimum absolute atomic E-state index is 0.169. The van der Waals surface area contributed by atoms with Crippen molar-refractivity contribution in [3.05, 3.63) is 77.6 Å². The Balaban J connectivity index is 1.75. The number of pyridine rings is 1. The van der Waals surface area contributed by atoms with Crippen LogP contribution < -0.4 is 16.0 Å². The van der Waals surface area contributed by atoms with E-state index >= 15 is 0 Å². The van der Waals surface area contributed by atoms with Gasteiger partial charge in [0.15, 0.2) is 0 Å². The maximum Gasteiger partial charge on any atom is 0.257 e. The zero-order chi connectivity index (χ0) is 20.1. The standard InChI is InChI=1S/C22H22N4O2/c1-14-7-8-15(2)21(9-14)25-20-10-17(12-23-13-20)22(28)26-19-6-4-5-18(11-19)24-16(3)27/h4-13,25H,1-3H3,(H,24,27)(H,26,28). The fraction of sp³-hybridized carbons (Fsp3) is 0.136. The second-order valence-electron chi connectivity index (χ2n) is 6.62. The first-order valence-electron chi connectivity index (χ1n) is 8.89. The average molecular weight is 374 g/mol. The summed E-state index contributed by atoms with van der Waals surface area (Å²) in [5.41, 5.74) is 5.60. The number of nitrogens with zero attached hydrogens (tertiary/aromatic N) is 1. The number of carbonyl (C=O) groups is 2. The number of anilines is 4. The first-order chi connectivity index (χ1) is 13.4. The molecule has 0 atom stereocenters. The minimum atomic E-state index is -0.280. The van der Waals surface area contributed by atoms with Gasteiger partial charge in [-0.1, -0.05) is 18.2 Å². The van der Waals surface area contributed by atoms with Crippen molar-refractivity contribution in [1.82, 2.24) is 4.98 Å². The lowest BCUT2D eigenvalue weighted by atomic mass is 10.1. The number of rotatable bonds is 5. The highest BCUT2D eigenvalue weighted by Crippen LogP contribution is 2.22. The number of amides is 2. The summed E-state index contributed by atoms with van der Waals surface area (Å²) >= 11 is 0. The third kappa shape index (κ3) is 4.94. The van der Waals surface area contributed by atoms with Crippen LogP contribution in [0.5, 0.6) is 0 Å². The summed E-state index contributed by atoms with van der Waals surface area (Å²) in [6.45, 7) is 5.49. The third-order valence-electron chi connectivity index (χ3n) is 4.11. The Morgan fingerprint density at radius 3 is 2.36 bits per heavy atom. The number of benzene rings is 2. The molecule has 0 saturated carbocycles. The maximum absolute atomic E-state index is 12.6. The molecule has 2 aromatic carbocycles. The number of carbonyl (C=O) groups excluding carboxylic acids is 2. The maximum atomic E-state index is 12.6. The van der Waals surface area contributed by atoms with Crippen LogP contribution in [0.15, 0.2) is 60.9 Å². The molecular weight excluding hydrogens is 352 g/mol. The Bertz CT molecular complexity index is 1030. The highest BCUT2D eigenvalue weighted by molar-refractivity contribution is 6.05. The molecule has 0 spiro atoms. The smallest absolute Gasteiger partial charge is 0.257 e. The summed E-state index contributed by atoms with van der Waals surface area (Å²) < 4.78 is 0. The molecule has 0 unspecified atom stereocenters. The molecule has 3 N–H and O–H groups in total. The van der Waals surface area contributed by atoms with Crippen LogP contribution in [-0.4, -0.2) is 16.8 Å². The van der Waals surface area contributed by atoms with Crippen molar-refractivity contribution < 1.29 is 9.59 Å². The van der Waals surface area contributed by atoms with E-state index < -0.39 is 0 Å². The number of aryl methyl sites for hydroxylation is 2. The molecule has 142 valence electrons. The van der Waals surface area contributed by atoms with Gasteiger partial charge in [-0.3, -0.25) is 14.6 Å². The summed E-state index contributed by atoms with van der Waals surface area (Å²) in [5.74, 6) is -0.449. The van der Waals surface area contributed by atoms with Crippen LogP contribution in [0.4, 0.5) is 22.7 Å². The van der Waals surface area contributed by atoms with Crippen molar-refractivity contribution in [2.24, 2.45) is 0 Å². The molecular formula is C22H22N4O2. The second-order valence-corrected chi connectivity index (χ2v) is 6.62. The fourth-order valence-corrected chi connectivity index (χ4v) is 2.74. The van der Waals surface area contributed by atoms with Crippen LogP contribution in [0, 0.1) is 13.8 Å². The van der Waals surface area contributed by atoms with E-state index in [-0.39, 0.29) is 11.8 Å². The molecule has 0 fully saturated rings. The van der Waals surface area contributed by atoms with Gasteiger partial charge >= 0.3 is 0 Å². The molecule has 1 heterocycles. The number of hydrogen-bond donors (Lipinski definition) is 3. The van der Waals surface area contributed by atoms with Gasteiger partial charge in [-0.05, 0) is 55.3 Å². The highest BCUT2D eigenvalue weighted by atomic mass is 16.2. The Morgan fingerprint density at radius 2 is 1.61 bits per heavy atom. The van der Waals surface area contributed by atoms with Crippen LogP contribution in [-0.2, 0) is 4.79 Å². The molecule has 0 aliphatic heterocycles. The summed E-state index contributed by atoms with van der Waals surface area (Å²) in [6.07, 6.45) is 3.19. The summed E-state index contributed by atoms with van der Waals surface area (Å²) in [6, 6.07) is 14.9. The first kappa shape index (κ1) is 19.1. The largest absolute Gasteiger partial charge is 0.354 e. The zero-order valence-corrected chi connectivity index (χ0v) is 16.0. The van der Waals surface area contributed by atoms with Crippen LogP contribution in [0.25, 0.3) is 0 Å². The molecule has 0 aliphatic carbocycles. The van der Waals surface area contributed by atoms with Crippen LogP contribution in [0.3, 0.4) is 0 Å². The average Bonchev–Trinajstić information content (AvgIpc) is 2.65.